The Morgan fingerprint density at radius 2 is 2.00 bits per heavy atom. The van der Waals surface area contributed by atoms with Gasteiger partial charge < -0.3 is 10.6 Å². The molecule has 18 heavy (non-hydrogen) atoms. The van der Waals surface area contributed by atoms with Gasteiger partial charge in [-0.25, -0.2) is 4.98 Å². The predicted molar refractivity (Wildman–Crippen MR) is 74.8 cm³/mol. The van der Waals surface area contributed by atoms with Gasteiger partial charge in [-0.05, 0) is 25.1 Å². The summed E-state index contributed by atoms with van der Waals surface area (Å²) in [7, 11) is 0. The fraction of sp³-hybridized carbons (Fsp3) is 0.286. The summed E-state index contributed by atoms with van der Waals surface area (Å²) in [4.78, 5) is 8.52. The van der Waals surface area contributed by atoms with Crippen LogP contribution >= 0.6 is 0 Å². The number of hydrogen-bond donors (Lipinski definition) is 2. The quantitative estimate of drug-likeness (QED) is 0.817. The van der Waals surface area contributed by atoms with Crippen LogP contribution in [0.5, 0.6) is 0 Å². The lowest BCUT2D eigenvalue weighted by Crippen LogP contribution is -2.07. The van der Waals surface area contributed by atoms with Gasteiger partial charge in [0.2, 0.25) is 0 Å². The van der Waals surface area contributed by atoms with Crippen molar-refractivity contribution in [1.29, 1.82) is 0 Å². The average Bonchev–Trinajstić information content (AvgIpc) is 2.41. The molecule has 94 valence electrons. The third-order valence-corrected chi connectivity index (χ3v) is 2.55. The van der Waals surface area contributed by atoms with Crippen LogP contribution in [0.3, 0.4) is 0 Å². The van der Waals surface area contributed by atoms with E-state index in [1.165, 1.54) is 0 Å². The van der Waals surface area contributed by atoms with Crippen LogP contribution in [0.1, 0.15) is 12.6 Å². The molecule has 0 bridgehead atoms. The third-order valence-electron chi connectivity index (χ3n) is 2.55. The standard InChI is InChI=1S/C14H18N4/c1-2-15-14-11-13(7-10-18-14)17-9-6-12-5-3-4-8-16-12/h3-5,7-8,10-11H,2,6,9H2,1H3,(H2,15,17,18). The molecule has 0 aliphatic rings. The van der Waals surface area contributed by atoms with Gasteiger partial charge >= 0.3 is 0 Å². The first kappa shape index (κ1) is 12.4. The molecule has 0 unspecified atom stereocenters. The maximum atomic E-state index is 4.29. The fourth-order valence-electron chi connectivity index (χ4n) is 1.70. The summed E-state index contributed by atoms with van der Waals surface area (Å²) < 4.78 is 0. The molecule has 4 heteroatoms. The van der Waals surface area contributed by atoms with E-state index in [2.05, 4.69) is 27.5 Å². The van der Waals surface area contributed by atoms with E-state index < -0.39 is 0 Å². The van der Waals surface area contributed by atoms with Crippen LogP contribution in [0.4, 0.5) is 11.5 Å². The Kier molecular flexibility index (Phi) is 4.53. The molecule has 4 nitrogen and oxygen atoms in total. The number of nitrogens with zero attached hydrogens (tertiary/aromatic N) is 2. The third kappa shape index (κ3) is 3.73. The molecule has 2 aromatic rings. The maximum absolute atomic E-state index is 4.29. The summed E-state index contributed by atoms with van der Waals surface area (Å²) in [6.07, 6.45) is 4.55. The molecule has 0 aromatic carbocycles. The summed E-state index contributed by atoms with van der Waals surface area (Å²) >= 11 is 0. The Labute approximate surface area is 107 Å². The van der Waals surface area contributed by atoms with Gasteiger partial charge in [-0.1, -0.05) is 6.07 Å². The second kappa shape index (κ2) is 6.59. The maximum Gasteiger partial charge on any atom is 0.127 e. The molecule has 0 saturated carbocycles. The van der Waals surface area contributed by atoms with Gasteiger partial charge in [0.25, 0.3) is 0 Å². The monoisotopic (exact) mass is 242 g/mol. The van der Waals surface area contributed by atoms with Crippen molar-refractivity contribution in [3.05, 3.63) is 48.4 Å². The molecular formula is C14H18N4. The predicted octanol–water partition coefficient (Wildman–Crippen LogP) is 2.56. The van der Waals surface area contributed by atoms with Crippen molar-refractivity contribution in [2.24, 2.45) is 0 Å². The molecule has 2 aromatic heterocycles. The van der Waals surface area contributed by atoms with E-state index in [1.54, 1.807) is 6.20 Å². The van der Waals surface area contributed by atoms with Gasteiger partial charge in [0, 0.05) is 49.4 Å². The first-order chi connectivity index (χ1) is 8.88. The van der Waals surface area contributed by atoms with Gasteiger partial charge in [0.05, 0.1) is 0 Å². The summed E-state index contributed by atoms with van der Waals surface area (Å²) in [5.74, 6) is 0.903. The van der Waals surface area contributed by atoms with Crippen LogP contribution in [0, 0.1) is 0 Å². The Morgan fingerprint density at radius 1 is 1.06 bits per heavy atom. The Balaban J connectivity index is 1.84. The summed E-state index contributed by atoms with van der Waals surface area (Å²) in [6, 6.07) is 9.97. The van der Waals surface area contributed by atoms with Crippen LogP contribution in [0.15, 0.2) is 42.7 Å². The minimum Gasteiger partial charge on any atom is -0.385 e. The largest absolute Gasteiger partial charge is 0.385 e. The lowest BCUT2D eigenvalue weighted by molar-refractivity contribution is 0.961. The van der Waals surface area contributed by atoms with Crippen LogP contribution < -0.4 is 10.6 Å². The van der Waals surface area contributed by atoms with E-state index in [9.17, 15) is 0 Å². The lowest BCUT2D eigenvalue weighted by Gasteiger charge is -2.08. The summed E-state index contributed by atoms with van der Waals surface area (Å²) in [5.41, 5.74) is 2.18. The van der Waals surface area contributed by atoms with Gasteiger partial charge in [0.15, 0.2) is 0 Å². The Bertz CT molecular complexity index is 470. The fourth-order valence-corrected chi connectivity index (χ4v) is 1.70. The van der Waals surface area contributed by atoms with Gasteiger partial charge in [0.1, 0.15) is 5.82 Å². The Morgan fingerprint density at radius 3 is 2.78 bits per heavy atom. The molecule has 0 amide bonds. The van der Waals surface area contributed by atoms with Crippen molar-refractivity contribution in [1.82, 2.24) is 9.97 Å². The molecular weight excluding hydrogens is 224 g/mol. The minimum absolute atomic E-state index is 0.868. The highest BCUT2D eigenvalue weighted by Crippen LogP contribution is 2.11. The van der Waals surface area contributed by atoms with Crippen molar-refractivity contribution in [2.45, 2.75) is 13.3 Å². The summed E-state index contributed by atoms with van der Waals surface area (Å²) in [6.45, 7) is 3.81. The molecule has 2 heterocycles. The van der Waals surface area contributed by atoms with E-state index in [0.717, 1.165) is 36.7 Å². The number of pyridine rings is 2. The molecule has 0 aliphatic heterocycles. The second-order valence-electron chi connectivity index (χ2n) is 3.96. The average molecular weight is 242 g/mol. The van der Waals surface area contributed by atoms with E-state index in [1.807, 2.05) is 36.5 Å². The van der Waals surface area contributed by atoms with Crippen molar-refractivity contribution in [3.8, 4) is 0 Å². The van der Waals surface area contributed by atoms with Gasteiger partial charge in [-0.15, -0.1) is 0 Å². The SMILES string of the molecule is CCNc1cc(NCCc2ccccn2)ccn1. The zero-order valence-corrected chi connectivity index (χ0v) is 10.6. The van der Waals surface area contributed by atoms with Crippen molar-refractivity contribution >= 4 is 11.5 Å². The van der Waals surface area contributed by atoms with E-state index in [0.29, 0.717) is 0 Å². The van der Waals surface area contributed by atoms with E-state index >= 15 is 0 Å². The normalized spacial score (nSPS) is 10.1. The molecule has 2 N–H and O–H groups in total. The molecule has 0 radical (unpaired) electrons. The molecule has 0 spiro atoms. The molecule has 0 aliphatic carbocycles. The van der Waals surface area contributed by atoms with Gasteiger partial charge in [-0.2, -0.15) is 0 Å². The van der Waals surface area contributed by atoms with E-state index in [4.69, 9.17) is 0 Å². The second-order valence-corrected chi connectivity index (χ2v) is 3.96. The highest BCUT2D eigenvalue weighted by atomic mass is 15.0. The number of hydrogen-bond acceptors (Lipinski definition) is 4. The zero-order valence-electron chi connectivity index (χ0n) is 10.6. The van der Waals surface area contributed by atoms with Crippen molar-refractivity contribution < 1.29 is 0 Å². The number of anilines is 2. The number of rotatable bonds is 6. The van der Waals surface area contributed by atoms with Gasteiger partial charge in [-0.3, -0.25) is 4.98 Å². The van der Waals surface area contributed by atoms with E-state index in [-0.39, 0.29) is 0 Å². The minimum atomic E-state index is 0.868. The van der Waals surface area contributed by atoms with Crippen LogP contribution in [-0.2, 0) is 6.42 Å². The van der Waals surface area contributed by atoms with Crippen LogP contribution in [0.2, 0.25) is 0 Å². The number of nitrogens with one attached hydrogen (secondary N) is 2. The molecule has 0 saturated heterocycles. The van der Waals surface area contributed by atoms with Crippen LogP contribution in [-0.4, -0.2) is 23.1 Å². The summed E-state index contributed by atoms with van der Waals surface area (Å²) in [5, 5.41) is 6.56. The molecule has 0 fully saturated rings. The molecule has 2 rings (SSSR count). The number of aromatic nitrogens is 2. The smallest absolute Gasteiger partial charge is 0.127 e. The zero-order chi connectivity index (χ0) is 12.6. The first-order valence-corrected chi connectivity index (χ1v) is 6.22. The lowest BCUT2D eigenvalue weighted by atomic mass is 10.2. The highest BCUT2D eigenvalue weighted by molar-refractivity contribution is 5.51. The topological polar surface area (TPSA) is 49.8 Å². The van der Waals surface area contributed by atoms with Crippen LogP contribution in [0.25, 0.3) is 0 Å². The Hall–Kier alpha value is -2.10. The molecule has 0 atom stereocenters. The van der Waals surface area contributed by atoms with Crippen molar-refractivity contribution in [3.63, 3.8) is 0 Å². The first-order valence-electron chi connectivity index (χ1n) is 6.22. The van der Waals surface area contributed by atoms with Crippen molar-refractivity contribution in [2.75, 3.05) is 23.7 Å². The highest BCUT2D eigenvalue weighted by Gasteiger charge is 1.96.